The van der Waals surface area contributed by atoms with Crippen molar-refractivity contribution in [3.05, 3.63) is 59.5 Å². The summed E-state index contributed by atoms with van der Waals surface area (Å²) in [5.41, 5.74) is 4.74. The second-order valence-electron chi connectivity index (χ2n) is 7.93. The van der Waals surface area contributed by atoms with Gasteiger partial charge in [-0.15, -0.1) is 5.10 Å². The summed E-state index contributed by atoms with van der Waals surface area (Å²) in [5.74, 6) is 1.20. The number of nitrogens with zero attached hydrogens (tertiary/aromatic N) is 6. The average molecular weight is 432 g/mol. The second-order valence-corrected chi connectivity index (χ2v) is 7.93. The summed E-state index contributed by atoms with van der Waals surface area (Å²) in [7, 11) is 0. The number of rotatable bonds is 6. The first-order valence-corrected chi connectivity index (χ1v) is 10.7. The molecule has 0 aliphatic carbocycles. The van der Waals surface area contributed by atoms with Crippen LogP contribution in [-0.4, -0.2) is 62.2 Å². The van der Waals surface area contributed by atoms with E-state index in [1.807, 2.05) is 23.1 Å². The van der Waals surface area contributed by atoms with Gasteiger partial charge in [-0.05, 0) is 30.7 Å². The molecule has 164 valence electrons. The maximum atomic E-state index is 12.4. The Morgan fingerprint density at radius 1 is 1.09 bits per heavy atom. The van der Waals surface area contributed by atoms with Crippen LogP contribution in [0.2, 0.25) is 0 Å². The Labute approximate surface area is 185 Å². The van der Waals surface area contributed by atoms with Crippen LogP contribution in [0.4, 0.5) is 0 Å². The van der Waals surface area contributed by atoms with Crippen molar-refractivity contribution in [3.8, 4) is 11.4 Å². The Morgan fingerprint density at radius 3 is 2.72 bits per heavy atom. The third-order valence-electron chi connectivity index (χ3n) is 5.62. The van der Waals surface area contributed by atoms with Crippen LogP contribution < -0.4 is 0 Å². The van der Waals surface area contributed by atoms with Crippen LogP contribution in [0.5, 0.6) is 0 Å². The van der Waals surface area contributed by atoms with E-state index in [9.17, 15) is 4.79 Å². The molecule has 1 amide bonds. The van der Waals surface area contributed by atoms with Crippen molar-refractivity contribution in [1.82, 2.24) is 30.0 Å². The van der Waals surface area contributed by atoms with Gasteiger partial charge in [0.2, 0.25) is 17.6 Å². The van der Waals surface area contributed by atoms with Crippen molar-refractivity contribution in [1.29, 1.82) is 0 Å². The number of amides is 1. The number of hydrogen-bond donors (Lipinski definition) is 0. The Kier molecular flexibility index (Phi) is 5.64. The molecule has 0 bridgehead atoms. The zero-order chi connectivity index (χ0) is 21.9. The standard InChI is InChI=1S/C23H24N6O3/c1-16-2-4-17(5-3-16)14-21-24-23(26-32-21)18-6-7-20-19(15-18)25-27-29(20)9-8-22(30)28-10-12-31-13-11-28/h2-7,15H,8-14H2,1H3. The summed E-state index contributed by atoms with van der Waals surface area (Å²) in [6, 6.07) is 14.0. The summed E-state index contributed by atoms with van der Waals surface area (Å²) in [5, 5.41) is 12.6. The molecule has 5 rings (SSSR count). The molecular formula is C23H24N6O3. The zero-order valence-corrected chi connectivity index (χ0v) is 17.9. The van der Waals surface area contributed by atoms with Crippen LogP contribution in [0.15, 0.2) is 47.0 Å². The Bertz CT molecular complexity index is 1220. The molecular weight excluding hydrogens is 408 g/mol. The molecule has 32 heavy (non-hydrogen) atoms. The van der Waals surface area contributed by atoms with Gasteiger partial charge in [0.05, 0.1) is 31.7 Å². The predicted molar refractivity (Wildman–Crippen MR) is 117 cm³/mol. The highest BCUT2D eigenvalue weighted by atomic mass is 16.5. The highest BCUT2D eigenvalue weighted by molar-refractivity contribution is 5.80. The van der Waals surface area contributed by atoms with E-state index in [-0.39, 0.29) is 5.91 Å². The SMILES string of the molecule is Cc1ccc(Cc2nc(-c3ccc4c(c3)nnn4CCC(=O)N3CCOCC3)no2)cc1. The van der Waals surface area contributed by atoms with E-state index in [1.54, 1.807) is 4.68 Å². The number of ether oxygens (including phenoxy) is 1. The fourth-order valence-corrected chi connectivity index (χ4v) is 3.77. The number of carbonyl (C=O) groups excluding carboxylic acids is 1. The van der Waals surface area contributed by atoms with Gasteiger partial charge in [0.1, 0.15) is 5.52 Å². The molecule has 0 unspecified atom stereocenters. The second kappa shape index (κ2) is 8.88. The van der Waals surface area contributed by atoms with Gasteiger partial charge in [-0.3, -0.25) is 4.79 Å². The van der Waals surface area contributed by atoms with E-state index >= 15 is 0 Å². The summed E-state index contributed by atoms with van der Waals surface area (Å²) >= 11 is 0. The molecule has 2 aromatic carbocycles. The lowest BCUT2D eigenvalue weighted by atomic mass is 10.1. The van der Waals surface area contributed by atoms with E-state index in [1.165, 1.54) is 5.56 Å². The third kappa shape index (κ3) is 4.38. The molecule has 0 radical (unpaired) electrons. The average Bonchev–Trinajstić information content (AvgIpc) is 3.46. The van der Waals surface area contributed by atoms with Crippen LogP contribution in [0.3, 0.4) is 0 Å². The van der Waals surface area contributed by atoms with Gasteiger partial charge in [-0.1, -0.05) is 40.2 Å². The van der Waals surface area contributed by atoms with Crippen molar-refractivity contribution >= 4 is 16.9 Å². The zero-order valence-electron chi connectivity index (χ0n) is 17.9. The number of benzene rings is 2. The quantitative estimate of drug-likeness (QED) is 0.462. The number of aromatic nitrogens is 5. The Balaban J connectivity index is 1.27. The highest BCUT2D eigenvalue weighted by Crippen LogP contribution is 2.22. The molecule has 0 spiro atoms. The van der Waals surface area contributed by atoms with Gasteiger partial charge in [-0.2, -0.15) is 4.98 Å². The summed E-state index contributed by atoms with van der Waals surface area (Å²) in [6.45, 7) is 5.04. The topological polar surface area (TPSA) is 99.2 Å². The number of aryl methyl sites for hydroxylation is 2. The first-order valence-electron chi connectivity index (χ1n) is 10.7. The van der Waals surface area contributed by atoms with E-state index in [0.717, 1.165) is 22.2 Å². The molecule has 4 aromatic rings. The number of hydrogen-bond acceptors (Lipinski definition) is 7. The first-order chi connectivity index (χ1) is 15.7. The van der Waals surface area contributed by atoms with Crippen LogP contribution in [-0.2, 0) is 22.5 Å². The van der Waals surface area contributed by atoms with Gasteiger partial charge in [0.25, 0.3) is 0 Å². The minimum Gasteiger partial charge on any atom is -0.378 e. The van der Waals surface area contributed by atoms with E-state index in [0.29, 0.717) is 57.4 Å². The lowest BCUT2D eigenvalue weighted by molar-refractivity contribution is -0.135. The predicted octanol–water partition coefficient (Wildman–Crippen LogP) is 2.63. The van der Waals surface area contributed by atoms with Crippen molar-refractivity contribution in [3.63, 3.8) is 0 Å². The number of fused-ring (bicyclic) bond motifs is 1. The number of carbonyl (C=O) groups is 1. The van der Waals surface area contributed by atoms with Crippen LogP contribution in [0.1, 0.15) is 23.4 Å². The molecule has 9 nitrogen and oxygen atoms in total. The van der Waals surface area contributed by atoms with Crippen LogP contribution >= 0.6 is 0 Å². The Morgan fingerprint density at radius 2 is 1.91 bits per heavy atom. The van der Waals surface area contributed by atoms with E-state index < -0.39 is 0 Å². The normalized spacial score (nSPS) is 14.2. The lowest BCUT2D eigenvalue weighted by Crippen LogP contribution is -2.41. The molecule has 3 heterocycles. The Hall–Kier alpha value is -3.59. The third-order valence-corrected chi connectivity index (χ3v) is 5.62. The minimum atomic E-state index is 0.112. The summed E-state index contributed by atoms with van der Waals surface area (Å²) in [6.07, 6.45) is 0.969. The van der Waals surface area contributed by atoms with E-state index in [4.69, 9.17) is 9.26 Å². The van der Waals surface area contributed by atoms with Crippen molar-refractivity contribution < 1.29 is 14.1 Å². The van der Waals surface area contributed by atoms with Gasteiger partial charge >= 0.3 is 0 Å². The maximum Gasteiger partial charge on any atom is 0.231 e. The van der Waals surface area contributed by atoms with Crippen molar-refractivity contribution in [2.75, 3.05) is 26.3 Å². The molecule has 9 heteroatoms. The van der Waals surface area contributed by atoms with Gasteiger partial charge in [0, 0.05) is 25.1 Å². The molecule has 2 aromatic heterocycles. The first kappa shape index (κ1) is 20.3. The van der Waals surface area contributed by atoms with Crippen molar-refractivity contribution in [2.45, 2.75) is 26.3 Å². The van der Waals surface area contributed by atoms with Gasteiger partial charge in [0.15, 0.2) is 0 Å². The maximum absolute atomic E-state index is 12.4. The largest absolute Gasteiger partial charge is 0.378 e. The fraction of sp³-hybridized carbons (Fsp3) is 0.348. The molecule has 1 aliphatic heterocycles. The molecule has 0 atom stereocenters. The highest BCUT2D eigenvalue weighted by Gasteiger charge is 2.18. The van der Waals surface area contributed by atoms with Gasteiger partial charge in [-0.25, -0.2) is 4.68 Å². The molecule has 1 aliphatic rings. The molecule has 0 saturated carbocycles. The summed E-state index contributed by atoms with van der Waals surface area (Å²) in [4.78, 5) is 18.8. The van der Waals surface area contributed by atoms with Crippen LogP contribution in [0.25, 0.3) is 22.4 Å². The summed E-state index contributed by atoms with van der Waals surface area (Å²) < 4.78 is 12.5. The minimum absolute atomic E-state index is 0.112. The smallest absolute Gasteiger partial charge is 0.231 e. The fourth-order valence-electron chi connectivity index (χ4n) is 3.77. The lowest BCUT2D eigenvalue weighted by Gasteiger charge is -2.26. The van der Waals surface area contributed by atoms with Crippen molar-refractivity contribution in [2.24, 2.45) is 0 Å². The molecule has 0 N–H and O–H groups in total. The van der Waals surface area contributed by atoms with Crippen LogP contribution in [0, 0.1) is 6.92 Å². The molecule has 1 saturated heterocycles. The molecule has 1 fully saturated rings. The van der Waals surface area contributed by atoms with E-state index in [2.05, 4.69) is 51.6 Å². The number of morpholine rings is 1. The van der Waals surface area contributed by atoms with Gasteiger partial charge < -0.3 is 14.2 Å². The monoisotopic (exact) mass is 432 g/mol.